The summed E-state index contributed by atoms with van der Waals surface area (Å²) < 4.78 is 16.6. The fourth-order valence-corrected chi connectivity index (χ4v) is 2.33. The smallest absolute Gasteiger partial charge is 0.335 e. The van der Waals surface area contributed by atoms with Gasteiger partial charge < -0.3 is 19.3 Å². The average molecular weight is 316 g/mol. The van der Waals surface area contributed by atoms with E-state index in [9.17, 15) is 9.90 Å². The van der Waals surface area contributed by atoms with Crippen LogP contribution in [0.25, 0.3) is 11.1 Å². The van der Waals surface area contributed by atoms with E-state index in [2.05, 4.69) is 0 Å². The highest BCUT2D eigenvalue weighted by Gasteiger charge is 2.17. The van der Waals surface area contributed by atoms with E-state index in [0.29, 0.717) is 17.2 Å². The molecule has 1 N–H and O–H groups in total. The number of carboxylic acids is 1. The zero-order valence-electron chi connectivity index (χ0n) is 13.6. The van der Waals surface area contributed by atoms with E-state index >= 15 is 0 Å². The van der Waals surface area contributed by atoms with E-state index in [1.807, 2.05) is 26.0 Å². The maximum Gasteiger partial charge on any atom is 0.335 e. The summed E-state index contributed by atoms with van der Waals surface area (Å²) in [6.07, 6.45) is -0.0885. The molecule has 0 aliphatic rings. The zero-order chi connectivity index (χ0) is 17.0. The van der Waals surface area contributed by atoms with Crippen LogP contribution in [0.5, 0.6) is 17.2 Å². The number of hydrogen-bond acceptors (Lipinski definition) is 4. The van der Waals surface area contributed by atoms with Crippen molar-refractivity contribution >= 4 is 5.97 Å². The van der Waals surface area contributed by atoms with Gasteiger partial charge in [0.2, 0.25) is 0 Å². The van der Waals surface area contributed by atoms with Crippen LogP contribution in [0.3, 0.4) is 0 Å². The second kappa shape index (κ2) is 7.05. The van der Waals surface area contributed by atoms with Gasteiger partial charge in [-0.25, -0.2) is 4.79 Å². The van der Waals surface area contributed by atoms with E-state index in [-0.39, 0.29) is 11.7 Å². The molecule has 0 heterocycles. The van der Waals surface area contributed by atoms with Crippen molar-refractivity contribution in [1.29, 1.82) is 0 Å². The minimum Gasteiger partial charge on any atom is -0.493 e. The Labute approximate surface area is 135 Å². The van der Waals surface area contributed by atoms with Crippen LogP contribution in [0.1, 0.15) is 24.2 Å². The van der Waals surface area contributed by atoms with Gasteiger partial charge >= 0.3 is 5.97 Å². The molecule has 0 amide bonds. The molecular weight excluding hydrogens is 296 g/mol. The van der Waals surface area contributed by atoms with Crippen molar-refractivity contribution in [3.63, 3.8) is 0 Å². The lowest BCUT2D eigenvalue weighted by molar-refractivity contribution is 0.0696. The summed E-state index contributed by atoms with van der Waals surface area (Å²) in [4.78, 5) is 11.2. The molecule has 0 saturated carbocycles. The van der Waals surface area contributed by atoms with Crippen LogP contribution >= 0.6 is 0 Å². The van der Waals surface area contributed by atoms with Crippen molar-refractivity contribution < 1.29 is 24.1 Å². The molecule has 5 nitrogen and oxygen atoms in total. The number of para-hydroxylation sites is 1. The molecule has 0 saturated heterocycles. The molecule has 0 atom stereocenters. The molecule has 23 heavy (non-hydrogen) atoms. The Kier molecular flexibility index (Phi) is 5.11. The largest absolute Gasteiger partial charge is 0.493 e. The highest BCUT2D eigenvalue weighted by Crippen LogP contribution is 2.42. The molecule has 0 aliphatic carbocycles. The number of methoxy groups -OCH3 is 2. The fraction of sp³-hybridized carbons (Fsp3) is 0.278. The fourth-order valence-electron chi connectivity index (χ4n) is 2.33. The second-order valence-corrected chi connectivity index (χ2v) is 5.22. The van der Waals surface area contributed by atoms with E-state index in [1.165, 1.54) is 6.07 Å². The summed E-state index contributed by atoms with van der Waals surface area (Å²) >= 11 is 0. The molecule has 0 aromatic heterocycles. The minimum absolute atomic E-state index is 0.0885. The molecule has 0 bridgehead atoms. The predicted molar refractivity (Wildman–Crippen MR) is 87.7 cm³/mol. The van der Waals surface area contributed by atoms with Crippen molar-refractivity contribution in [3.05, 3.63) is 42.0 Å². The van der Waals surface area contributed by atoms with Gasteiger partial charge in [-0.2, -0.15) is 0 Å². The molecule has 122 valence electrons. The van der Waals surface area contributed by atoms with Crippen LogP contribution in [-0.4, -0.2) is 31.4 Å². The van der Waals surface area contributed by atoms with Crippen LogP contribution in [-0.2, 0) is 0 Å². The topological polar surface area (TPSA) is 65.0 Å². The molecule has 0 radical (unpaired) electrons. The Bertz CT molecular complexity index is 707. The van der Waals surface area contributed by atoms with Crippen LogP contribution in [0.2, 0.25) is 0 Å². The third-order valence-electron chi connectivity index (χ3n) is 3.28. The van der Waals surface area contributed by atoms with Crippen LogP contribution in [0.4, 0.5) is 0 Å². The van der Waals surface area contributed by atoms with Crippen LogP contribution < -0.4 is 14.2 Å². The van der Waals surface area contributed by atoms with Gasteiger partial charge in [0.15, 0.2) is 11.5 Å². The second-order valence-electron chi connectivity index (χ2n) is 5.22. The first-order valence-corrected chi connectivity index (χ1v) is 7.23. The van der Waals surface area contributed by atoms with E-state index in [4.69, 9.17) is 14.2 Å². The van der Waals surface area contributed by atoms with E-state index in [0.717, 1.165) is 11.1 Å². The monoisotopic (exact) mass is 316 g/mol. The van der Waals surface area contributed by atoms with Gasteiger partial charge in [0.1, 0.15) is 5.75 Å². The molecule has 0 fully saturated rings. The Morgan fingerprint density at radius 1 is 1.00 bits per heavy atom. The van der Waals surface area contributed by atoms with Gasteiger partial charge in [-0.15, -0.1) is 0 Å². The summed E-state index contributed by atoms with van der Waals surface area (Å²) in [6, 6.07) is 10.3. The quantitative estimate of drug-likeness (QED) is 0.876. The normalized spacial score (nSPS) is 10.5. The SMILES string of the molecule is COc1cccc(-c2ccc(C(=O)O)cc2OC(C)C)c1OC. The number of carboxylic acid groups (broad SMARTS) is 1. The Hall–Kier alpha value is -2.69. The summed E-state index contributed by atoms with van der Waals surface area (Å²) in [7, 11) is 3.14. The Balaban J connectivity index is 2.65. The van der Waals surface area contributed by atoms with Crippen LogP contribution in [0, 0.1) is 0 Å². The summed E-state index contributed by atoms with van der Waals surface area (Å²) in [5.41, 5.74) is 1.70. The number of benzene rings is 2. The van der Waals surface area contributed by atoms with Crippen molar-refractivity contribution in [2.45, 2.75) is 20.0 Å². The first kappa shape index (κ1) is 16.7. The Morgan fingerprint density at radius 2 is 1.74 bits per heavy atom. The first-order chi connectivity index (χ1) is 11.0. The standard InChI is InChI=1S/C18H20O5/c1-11(2)23-16-10-12(18(19)20)8-9-13(16)14-6-5-7-15(21-3)17(14)22-4/h5-11H,1-4H3,(H,19,20). The average Bonchev–Trinajstić information content (AvgIpc) is 2.53. The predicted octanol–water partition coefficient (Wildman–Crippen LogP) is 3.86. The van der Waals surface area contributed by atoms with Crippen molar-refractivity contribution in [1.82, 2.24) is 0 Å². The van der Waals surface area contributed by atoms with Gasteiger partial charge in [-0.05, 0) is 38.1 Å². The lowest BCUT2D eigenvalue weighted by Crippen LogP contribution is -2.08. The van der Waals surface area contributed by atoms with Gasteiger partial charge in [-0.1, -0.05) is 12.1 Å². The number of aromatic carboxylic acids is 1. The van der Waals surface area contributed by atoms with Crippen molar-refractivity contribution in [3.8, 4) is 28.4 Å². The van der Waals surface area contributed by atoms with E-state index in [1.54, 1.807) is 32.4 Å². The van der Waals surface area contributed by atoms with Gasteiger partial charge in [-0.3, -0.25) is 0 Å². The number of ether oxygens (including phenoxy) is 3. The van der Waals surface area contributed by atoms with Crippen LogP contribution in [0.15, 0.2) is 36.4 Å². The van der Waals surface area contributed by atoms with Crippen molar-refractivity contribution in [2.75, 3.05) is 14.2 Å². The minimum atomic E-state index is -0.997. The van der Waals surface area contributed by atoms with Gasteiger partial charge in [0.25, 0.3) is 0 Å². The molecule has 0 unspecified atom stereocenters. The number of hydrogen-bond donors (Lipinski definition) is 1. The zero-order valence-corrected chi connectivity index (χ0v) is 13.6. The van der Waals surface area contributed by atoms with Crippen molar-refractivity contribution in [2.24, 2.45) is 0 Å². The molecule has 2 aromatic carbocycles. The maximum absolute atomic E-state index is 11.2. The van der Waals surface area contributed by atoms with E-state index < -0.39 is 5.97 Å². The summed E-state index contributed by atoms with van der Waals surface area (Å²) in [5.74, 6) is 0.670. The lowest BCUT2D eigenvalue weighted by Gasteiger charge is -2.18. The first-order valence-electron chi connectivity index (χ1n) is 7.23. The molecule has 0 aliphatic heterocycles. The number of carbonyl (C=O) groups is 1. The highest BCUT2D eigenvalue weighted by atomic mass is 16.5. The summed E-state index contributed by atoms with van der Waals surface area (Å²) in [5, 5.41) is 9.19. The third-order valence-corrected chi connectivity index (χ3v) is 3.28. The summed E-state index contributed by atoms with van der Waals surface area (Å²) in [6.45, 7) is 3.78. The third kappa shape index (κ3) is 3.56. The Morgan fingerprint density at radius 3 is 2.30 bits per heavy atom. The molecule has 2 aromatic rings. The molecule has 0 spiro atoms. The van der Waals surface area contributed by atoms with Gasteiger partial charge in [0.05, 0.1) is 25.9 Å². The van der Waals surface area contributed by atoms with Gasteiger partial charge in [0, 0.05) is 11.1 Å². The maximum atomic E-state index is 11.2. The molecule has 2 rings (SSSR count). The number of rotatable bonds is 6. The lowest BCUT2D eigenvalue weighted by atomic mass is 10.0. The highest BCUT2D eigenvalue weighted by molar-refractivity contribution is 5.90. The molecular formula is C18H20O5. The molecule has 5 heteroatoms.